The second-order valence-corrected chi connectivity index (χ2v) is 9.18. The zero-order valence-corrected chi connectivity index (χ0v) is 16.8. The third-order valence-corrected chi connectivity index (χ3v) is 8.65. The molecule has 0 nitrogen and oxygen atoms in total. The van der Waals surface area contributed by atoms with Gasteiger partial charge in [-0.25, -0.2) is 0 Å². The number of hydrogen-bond donors (Lipinski definition) is 0. The average molecular weight is 385 g/mol. The molecule has 0 saturated heterocycles. The van der Waals surface area contributed by atoms with E-state index < -0.39 is 0 Å². The third kappa shape index (κ3) is 4.54. The molecule has 4 atom stereocenters. The minimum absolute atomic E-state index is 0. The first-order valence-electron chi connectivity index (χ1n) is 8.41. The Balaban J connectivity index is 0.000000638. The molecule has 4 unspecified atom stereocenters. The van der Waals surface area contributed by atoms with Gasteiger partial charge in [-0.05, 0) is 0 Å². The number of fused-ring (bicyclic) bond motifs is 2. The van der Waals surface area contributed by atoms with Crippen molar-refractivity contribution >= 4 is 0 Å². The molecule has 0 heterocycles. The van der Waals surface area contributed by atoms with Crippen molar-refractivity contribution in [1.82, 2.24) is 0 Å². The van der Waals surface area contributed by atoms with Gasteiger partial charge in [0.1, 0.15) is 0 Å². The largest absolute Gasteiger partial charge is 1.00 e. The number of rotatable bonds is 2. The molecular weight excluding hydrogens is 359 g/mol. The summed E-state index contributed by atoms with van der Waals surface area (Å²) >= 11 is 0.169. The predicted molar refractivity (Wildman–Crippen MR) is 87.9 cm³/mol. The van der Waals surface area contributed by atoms with Crippen molar-refractivity contribution in [3.05, 3.63) is 60.8 Å². The molecule has 0 aliphatic heterocycles. The Morgan fingerprint density at radius 2 is 1.17 bits per heavy atom. The van der Waals surface area contributed by atoms with Crippen LogP contribution in [0, 0.1) is 11.8 Å². The monoisotopic (exact) mass is 384 g/mol. The van der Waals surface area contributed by atoms with E-state index in [1.165, 1.54) is 38.5 Å². The zero-order valence-electron chi connectivity index (χ0n) is 13.7. The molecule has 0 amide bonds. The number of halogens is 2. The van der Waals surface area contributed by atoms with E-state index in [9.17, 15) is 0 Å². The second-order valence-electron chi connectivity index (χ2n) is 6.48. The Morgan fingerprint density at radius 1 is 0.739 bits per heavy atom. The van der Waals surface area contributed by atoms with Crippen LogP contribution in [0.5, 0.6) is 0 Å². The Morgan fingerprint density at radius 3 is 1.61 bits per heavy atom. The van der Waals surface area contributed by atoms with E-state index in [4.69, 9.17) is 0 Å². The standard InChI is InChI=1S/2C9H11.C2H4.2ClH.Ti/c2*1-2-5-9-7-3-6-8(9)4-1;1-2;;;/h2*1-2,4,6,9H,3,5,7H2;1-2H2;2*1H;/q;;;;;+2/p-2. The van der Waals surface area contributed by atoms with Crippen molar-refractivity contribution in [2.24, 2.45) is 11.8 Å². The van der Waals surface area contributed by atoms with Crippen LogP contribution in [0.25, 0.3) is 0 Å². The van der Waals surface area contributed by atoms with Crippen LogP contribution in [0.15, 0.2) is 60.8 Å². The maximum absolute atomic E-state index is 3.00. The van der Waals surface area contributed by atoms with Crippen LogP contribution in [0.4, 0.5) is 0 Å². The van der Waals surface area contributed by atoms with Gasteiger partial charge in [0.15, 0.2) is 0 Å². The first-order chi connectivity index (χ1) is 10.4. The normalized spacial score (nSPS) is 32.7. The Labute approximate surface area is 163 Å². The SMILES string of the molecule is C1=CCC2CC[CH]([Ti+2][CH]3CCC4CC=CC=C43)C2=C1.C=C.[Cl-].[Cl-]. The summed E-state index contributed by atoms with van der Waals surface area (Å²) in [5.41, 5.74) is 3.69. The number of allylic oxidation sites excluding steroid dienone is 8. The molecule has 2 saturated carbocycles. The van der Waals surface area contributed by atoms with Gasteiger partial charge in [0.05, 0.1) is 0 Å². The molecule has 0 spiro atoms. The van der Waals surface area contributed by atoms with Gasteiger partial charge in [0, 0.05) is 0 Å². The van der Waals surface area contributed by atoms with Gasteiger partial charge in [0.25, 0.3) is 0 Å². The van der Waals surface area contributed by atoms with Crippen LogP contribution < -0.4 is 24.8 Å². The molecule has 4 rings (SSSR count). The maximum Gasteiger partial charge on any atom is -0.106 e. The van der Waals surface area contributed by atoms with Crippen LogP contribution >= 0.6 is 0 Å². The van der Waals surface area contributed by atoms with E-state index in [1.807, 2.05) is 11.1 Å². The molecule has 0 bridgehead atoms. The van der Waals surface area contributed by atoms with Gasteiger partial charge in [0.2, 0.25) is 0 Å². The van der Waals surface area contributed by atoms with E-state index in [-0.39, 0.29) is 44.0 Å². The molecule has 0 radical (unpaired) electrons. The van der Waals surface area contributed by atoms with Gasteiger partial charge in [-0.15, -0.1) is 13.2 Å². The minimum atomic E-state index is 0. The minimum Gasteiger partial charge on any atom is -1.00 e. The van der Waals surface area contributed by atoms with Crippen molar-refractivity contribution in [3.63, 3.8) is 0 Å². The van der Waals surface area contributed by atoms with Crippen LogP contribution in [-0.2, 0) is 19.2 Å². The topological polar surface area (TPSA) is 0 Å². The summed E-state index contributed by atoms with van der Waals surface area (Å²) in [6.45, 7) is 6.00. The van der Waals surface area contributed by atoms with Crippen molar-refractivity contribution in [2.75, 3.05) is 0 Å². The maximum atomic E-state index is 3.00. The van der Waals surface area contributed by atoms with Crippen molar-refractivity contribution in [2.45, 2.75) is 47.0 Å². The molecule has 0 aromatic rings. The zero-order chi connectivity index (χ0) is 14.7. The van der Waals surface area contributed by atoms with Gasteiger partial charge in [-0.3, -0.25) is 0 Å². The summed E-state index contributed by atoms with van der Waals surface area (Å²) in [6.07, 6.45) is 22.9. The summed E-state index contributed by atoms with van der Waals surface area (Å²) in [5.74, 6) is 1.85. The van der Waals surface area contributed by atoms with Crippen molar-refractivity contribution < 1.29 is 44.0 Å². The van der Waals surface area contributed by atoms with Crippen LogP contribution in [-0.4, -0.2) is 0 Å². The van der Waals surface area contributed by atoms with E-state index in [0.717, 1.165) is 20.3 Å². The van der Waals surface area contributed by atoms with E-state index in [0.29, 0.717) is 0 Å². The van der Waals surface area contributed by atoms with Gasteiger partial charge < -0.3 is 24.8 Å². The average Bonchev–Trinajstić information content (AvgIpc) is 3.15. The fourth-order valence-electron chi connectivity index (χ4n) is 4.43. The molecule has 0 aromatic heterocycles. The van der Waals surface area contributed by atoms with Crippen LogP contribution in [0.3, 0.4) is 0 Å². The van der Waals surface area contributed by atoms with E-state index in [2.05, 4.69) is 49.6 Å². The molecule has 0 N–H and O–H groups in total. The molecule has 124 valence electrons. The third-order valence-electron chi connectivity index (χ3n) is 5.45. The molecule has 4 aliphatic carbocycles. The van der Waals surface area contributed by atoms with Crippen molar-refractivity contribution in [3.8, 4) is 0 Å². The predicted octanol–water partition coefficient (Wildman–Crippen LogP) is 0.0487. The Kier molecular flexibility index (Phi) is 9.23. The first-order valence-corrected chi connectivity index (χ1v) is 10.2. The second kappa shape index (κ2) is 10.1. The van der Waals surface area contributed by atoms with E-state index in [1.54, 1.807) is 0 Å². The summed E-state index contributed by atoms with van der Waals surface area (Å²) in [4.78, 5) is 0. The number of hydrogen-bond acceptors (Lipinski definition) is 0. The van der Waals surface area contributed by atoms with Gasteiger partial charge >= 0.3 is 126 Å². The van der Waals surface area contributed by atoms with Crippen molar-refractivity contribution in [1.29, 1.82) is 0 Å². The molecular formula is C20H26Cl2Ti. The van der Waals surface area contributed by atoms with Gasteiger partial charge in [-0.1, -0.05) is 0 Å². The molecule has 3 heteroatoms. The summed E-state index contributed by atoms with van der Waals surface area (Å²) in [6, 6.07) is 0. The first kappa shape index (κ1) is 21.0. The smallest absolute Gasteiger partial charge is 0.106 e. The Bertz CT molecular complexity index is 460. The van der Waals surface area contributed by atoms with Gasteiger partial charge in [-0.2, -0.15) is 0 Å². The molecule has 2 fully saturated rings. The fourth-order valence-corrected chi connectivity index (χ4v) is 7.87. The van der Waals surface area contributed by atoms with Crippen LogP contribution in [0.1, 0.15) is 38.5 Å². The quantitative estimate of drug-likeness (QED) is 0.466. The molecule has 23 heavy (non-hydrogen) atoms. The summed E-state index contributed by atoms with van der Waals surface area (Å²) in [7, 11) is 0. The summed E-state index contributed by atoms with van der Waals surface area (Å²) in [5, 5.41) is 0. The summed E-state index contributed by atoms with van der Waals surface area (Å²) < 4.78 is 2.04. The molecule has 0 aromatic carbocycles. The van der Waals surface area contributed by atoms with E-state index >= 15 is 0 Å². The molecule has 4 aliphatic rings. The van der Waals surface area contributed by atoms with Crippen LogP contribution in [0.2, 0.25) is 8.45 Å². The fraction of sp³-hybridized carbons (Fsp3) is 0.500. The Hall–Kier alpha value is -0.00571.